The molecule has 3 saturated heterocycles. The van der Waals surface area contributed by atoms with Crippen molar-refractivity contribution in [2.45, 2.75) is 30.4 Å². The molecule has 4 fully saturated rings. The number of rotatable bonds is 1. The lowest BCUT2D eigenvalue weighted by molar-refractivity contribution is -0.0336. The Bertz CT molecular complexity index is 455. The van der Waals surface area contributed by atoms with E-state index in [0.29, 0.717) is 12.0 Å². The first-order valence-electron chi connectivity index (χ1n) is 6.29. The number of halogens is 1. The Morgan fingerprint density at radius 1 is 1.35 bits per heavy atom. The highest BCUT2D eigenvalue weighted by Gasteiger charge is 2.74. The van der Waals surface area contributed by atoms with Gasteiger partial charge in [0.1, 0.15) is 0 Å². The zero-order valence-electron chi connectivity index (χ0n) is 9.51. The lowest BCUT2D eigenvalue weighted by Crippen LogP contribution is -2.50. The van der Waals surface area contributed by atoms with Crippen molar-refractivity contribution in [2.24, 2.45) is 5.92 Å². The zero-order valence-corrected chi connectivity index (χ0v) is 11.1. The molecular weight excluding hydrogens is 280 g/mol. The van der Waals surface area contributed by atoms with Crippen LogP contribution in [0.25, 0.3) is 0 Å². The average molecular weight is 295 g/mol. The van der Waals surface area contributed by atoms with Crippen molar-refractivity contribution in [2.75, 3.05) is 13.1 Å². The molecule has 1 aromatic heterocycles. The van der Waals surface area contributed by atoms with Crippen LogP contribution >= 0.6 is 15.9 Å². The monoisotopic (exact) mass is 294 g/mol. The van der Waals surface area contributed by atoms with Gasteiger partial charge < -0.3 is 5.11 Å². The normalized spacial score (nSPS) is 46.7. The molecule has 17 heavy (non-hydrogen) atoms. The van der Waals surface area contributed by atoms with E-state index in [1.165, 1.54) is 0 Å². The minimum Gasteiger partial charge on any atom is -0.387 e. The molecule has 1 N–H and O–H groups in total. The van der Waals surface area contributed by atoms with E-state index < -0.39 is 5.60 Å². The van der Waals surface area contributed by atoms with Gasteiger partial charge in [0.15, 0.2) is 0 Å². The number of nitrogens with zero attached hydrogens (tertiary/aromatic N) is 2. The molecule has 1 aliphatic carbocycles. The van der Waals surface area contributed by atoms with E-state index >= 15 is 0 Å². The molecule has 4 heteroatoms. The van der Waals surface area contributed by atoms with Crippen molar-refractivity contribution in [3.05, 3.63) is 28.5 Å². The smallest absolute Gasteiger partial charge is 0.0938 e. The number of aliphatic hydroxyl groups is 1. The van der Waals surface area contributed by atoms with Crippen LogP contribution in [0.5, 0.6) is 0 Å². The van der Waals surface area contributed by atoms with Gasteiger partial charge in [-0.15, -0.1) is 0 Å². The largest absolute Gasteiger partial charge is 0.387 e. The first-order valence-corrected chi connectivity index (χ1v) is 7.08. The number of fused-ring (bicyclic) bond motifs is 2. The molecule has 3 nitrogen and oxygen atoms in total. The Labute approximate surface area is 109 Å². The number of aromatic nitrogens is 1. The van der Waals surface area contributed by atoms with Gasteiger partial charge in [-0.2, -0.15) is 0 Å². The molecule has 3 atom stereocenters. The predicted molar refractivity (Wildman–Crippen MR) is 67.7 cm³/mol. The predicted octanol–water partition coefficient (Wildman–Crippen LogP) is 1.77. The van der Waals surface area contributed by atoms with Crippen LogP contribution < -0.4 is 0 Å². The summed E-state index contributed by atoms with van der Waals surface area (Å²) in [7, 11) is 0. The van der Waals surface area contributed by atoms with Gasteiger partial charge >= 0.3 is 0 Å². The summed E-state index contributed by atoms with van der Waals surface area (Å²) in [6, 6.07) is 4.41. The number of hydrogen-bond donors (Lipinski definition) is 1. The fraction of sp³-hybridized carbons (Fsp3) is 0.615. The lowest BCUT2D eigenvalue weighted by Gasteiger charge is -2.41. The molecule has 0 aromatic carbocycles. The van der Waals surface area contributed by atoms with Gasteiger partial charge in [-0.3, -0.25) is 9.88 Å². The van der Waals surface area contributed by atoms with Crippen LogP contribution in [0.1, 0.15) is 24.5 Å². The van der Waals surface area contributed by atoms with E-state index in [2.05, 4.69) is 25.8 Å². The summed E-state index contributed by atoms with van der Waals surface area (Å²) in [6.45, 7) is 2.31. The minimum atomic E-state index is -0.475. The van der Waals surface area contributed by atoms with E-state index in [-0.39, 0.29) is 5.92 Å². The summed E-state index contributed by atoms with van der Waals surface area (Å²) in [5, 5.41) is 10.8. The van der Waals surface area contributed by atoms with E-state index in [0.717, 1.165) is 36.1 Å². The summed E-state index contributed by atoms with van der Waals surface area (Å²) in [5.41, 5.74) is 0.580. The average Bonchev–Trinajstić information content (AvgIpc) is 3.01. The fourth-order valence-corrected chi connectivity index (χ4v) is 4.22. The topological polar surface area (TPSA) is 36.4 Å². The van der Waals surface area contributed by atoms with Gasteiger partial charge in [0.2, 0.25) is 0 Å². The van der Waals surface area contributed by atoms with Gasteiger partial charge in [0.25, 0.3) is 0 Å². The van der Waals surface area contributed by atoms with E-state index in [1.54, 1.807) is 0 Å². The van der Waals surface area contributed by atoms with E-state index in [9.17, 15) is 5.11 Å². The third kappa shape index (κ3) is 1.26. The Balaban J connectivity index is 1.71. The Kier molecular flexibility index (Phi) is 2.04. The molecule has 4 heterocycles. The van der Waals surface area contributed by atoms with Crippen LogP contribution in [0.3, 0.4) is 0 Å². The highest BCUT2D eigenvalue weighted by Crippen LogP contribution is 2.64. The number of pyridine rings is 1. The summed E-state index contributed by atoms with van der Waals surface area (Å²) >= 11 is 3.41. The van der Waals surface area contributed by atoms with E-state index in [4.69, 9.17) is 0 Å². The Morgan fingerprint density at radius 2 is 2.12 bits per heavy atom. The first kappa shape index (κ1) is 10.5. The summed E-state index contributed by atoms with van der Waals surface area (Å²) in [5.74, 6) is 0.735. The molecule has 0 radical (unpaired) electrons. The van der Waals surface area contributed by atoms with Crippen LogP contribution in [0.4, 0.5) is 0 Å². The molecule has 0 amide bonds. The molecule has 1 aromatic rings. The highest BCUT2D eigenvalue weighted by atomic mass is 79.9. The molecule has 0 spiro atoms. The molecule has 5 rings (SSSR count). The van der Waals surface area contributed by atoms with Gasteiger partial charge in [0.05, 0.1) is 17.6 Å². The van der Waals surface area contributed by atoms with Crippen molar-refractivity contribution in [3.63, 3.8) is 0 Å². The van der Waals surface area contributed by atoms with Crippen LogP contribution in [0.15, 0.2) is 22.8 Å². The van der Waals surface area contributed by atoms with Crippen LogP contribution in [0.2, 0.25) is 0 Å². The quantitative estimate of drug-likeness (QED) is 0.858. The molecule has 2 bridgehead atoms. The van der Waals surface area contributed by atoms with Gasteiger partial charge in [-0.25, -0.2) is 0 Å². The second kappa shape index (κ2) is 3.31. The number of hydrogen-bond acceptors (Lipinski definition) is 3. The van der Waals surface area contributed by atoms with Crippen LogP contribution in [-0.2, 0) is 0 Å². The molecule has 4 aliphatic rings. The lowest BCUT2D eigenvalue weighted by atomic mass is 9.84. The Hall–Kier alpha value is -0.450. The first-order chi connectivity index (χ1) is 8.21. The third-order valence-electron chi connectivity index (χ3n) is 4.82. The molecule has 3 unspecified atom stereocenters. The standard InChI is InChI=1S/C13H15BrN2O/c14-9-1-2-10(15-7-9)11-12-13(11,17)8-3-5-16(12)6-4-8/h1-2,7-8,11-12,17H,3-6H2. The molecule has 3 aliphatic heterocycles. The maximum atomic E-state index is 10.8. The zero-order chi connectivity index (χ0) is 11.6. The van der Waals surface area contributed by atoms with E-state index in [1.807, 2.05) is 18.3 Å². The molecule has 1 saturated carbocycles. The van der Waals surface area contributed by atoms with Crippen molar-refractivity contribution < 1.29 is 5.11 Å². The molecular formula is C13H15BrN2O. The van der Waals surface area contributed by atoms with Crippen molar-refractivity contribution >= 4 is 15.9 Å². The molecule has 90 valence electrons. The highest BCUT2D eigenvalue weighted by molar-refractivity contribution is 9.10. The SMILES string of the molecule is OC12C3CCN(CC3)C1C2c1ccc(Br)cn1. The van der Waals surface area contributed by atoms with Crippen molar-refractivity contribution in [1.29, 1.82) is 0 Å². The maximum absolute atomic E-state index is 10.8. The number of piperidine rings is 3. The van der Waals surface area contributed by atoms with Crippen molar-refractivity contribution in [3.8, 4) is 0 Å². The van der Waals surface area contributed by atoms with Gasteiger partial charge in [-0.05, 0) is 59.9 Å². The summed E-state index contributed by atoms with van der Waals surface area (Å²) in [6.07, 6.45) is 4.14. The fourth-order valence-electron chi connectivity index (χ4n) is 3.98. The van der Waals surface area contributed by atoms with Gasteiger partial charge in [0, 0.05) is 16.4 Å². The summed E-state index contributed by atoms with van der Waals surface area (Å²) in [4.78, 5) is 6.93. The summed E-state index contributed by atoms with van der Waals surface area (Å²) < 4.78 is 1.00. The second-order valence-electron chi connectivity index (χ2n) is 5.52. The maximum Gasteiger partial charge on any atom is 0.0938 e. The minimum absolute atomic E-state index is 0.241. The Morgan fingerprint density at radius 3 is 2.65 bits per heavy atom. The van der Waals surface area contributed by atoms with Crippen molar-refractivity contribution in [1.82, 2.24) is 9.88 Å². The third-order valence-corrected chi connectivity index (χ3v) is 5.29. The van der Waals surface area contributed by atoms with Gasteiger partial charge in [-0.1, -0.05) is 0 Å². The van der Waals surface area contributed by atoms with Crippen LogP contribution in [-0.4, -0.2) is 39.7 Å². The second-order valence-corrected chi connectivity index (χ2v) is 6.44. The van der Waals surface area contributed by atoms with Crippen LogP contribution in [0, 0.1) is 5.92 Å².